The van der Waals surface area contributed by atoms with E-state index in [1.807, 2.05) is 21.1 Å². The number of esters is 2. The summed E-state index contributed by atoms with van der Waals surface area (Å²) >= 11 is 0. The minimum atomic E-state index is -0.876. The van der Waals surface area contributed by atoms with Gasteiger partial charge in [0.05, 0.1) is 34.4 Å². The third-order valence-corrected chi connectivity index (χ3v) is 10.8. The number of ether oxygens (including phenoxy) is 3. The Kier molecular flexibility index (Phi) is 39.5. The van der Waals surface area contributed by atoms with Crippen LogP contribution in [0.1, 0.15) is 213 Å². The van der Waals surface area contributed by atoms with Crippen molar-refractivity contribution in [2.45, 2.75) is 225 Å². The predicted octanol–water partition coefficient (Wildman–Crippen LogP) is 13.4. The summed E-state index contributed by atoms with van der Waals surface area (Å²) in [6.07, 6.45) is 47.5. The van der Waals surface area contributed by atoms with E-state index in [2.05, 4.69) is 50.3 Å². The molecular formula is C50H92NO7+. The van der Waals surface area contributed by atoms with Gasteiger partial charge in [0.1, 0.15) is 6.61 Å². The third-order valence-electron chi connectivity index (χ3n) is 10.8. The zero-order chi connectivity index (χ0) is 42.8. The average Bonchev–Trinajstić information content (AvgIpc) is 3.18. The second-order valence-electron chi connectivity index (χ2n) is 17.4. The zero-order valence-electron chi connectivity index (χ0n) is 38.5. The van der Waals surface area contributed by atoms with E-state index in [0.717, 1.165) is 51.4 Å². The molecule has 1 N–H and O–H groups in total. The van der Waals surface area contributed by atoms with Crippen LogP contribution in [0.2, 0.25) is 0 Å². The summed E-state index contributed by atoms with van der Waals surface area (Å²) in [6.45, 7) is 4.71. The molecule has 0 aliphatic carbocycles. The molecule has 0 spiro atoms. The Morgan fingerprint density at radius 3 is 1.38 bits per heavy atom. The predicted molar refractivity (Wildman–Crippen MR) is 243 cm³/mol. The monoisotopic (exact) mass is 819 g/mol. The summed E-state index contributed by atoms with van der Waals surface area (Å²) in [4.78, 5) is 37.1. The fourth-order valence-corrected chi connectivity index (χ4v) is 7.00. The normalized spacial score (nSPS) is 13.2. The SMILES string of the molecule is CCCCC/C=C\C/C=C\CCCCCCCCCC(=O)OC(COCCC(C(=O)O)[N+](C)(C)C)COC(=O)CCCCCCCCC/C=C\CCCCCCCC. The number of carboxylic acid groups (broad SMARTS) is 1. The Bertz CT molecular complexity index is 1050. The van der Waals surface area contributed by atoms with Crippen molar-refractivity contribution in [3.63, 3.8) is 0 Å². The van der Waals surface area contributed by atoms with Crippen molar-refractivity contribution in [1.29, 1.82) is 0 Å². The van der Waals surface area contributed by atoms with Gasteiger partial charge in [-0.1, -0.05) is 159 Å². The van der Waals surface area contributed by atoms with Crippen molar-refractivity contribution in [1.82, 2.24) is 0 Å². The van der Waals surface area contributed by atoms with E-state index in [1.54, 1.807) is 0 Å². The van der Waals surface area contributed by atoms with Crippen LogP contribution in [-0.2, 0) is 28.6 Å². The molecule has 0 fully saturated rings. The van der Waals surface area contributed by atoms with Crippen LogP contribution < -0.4 is 0 Å². The van der Waals surface area contributed by atoms with Crippen molar-refractivity contribution >= 4 is 17.9 Å². The molecule has 0 saturated heterocycles. The van der Waals surface area contributed by atoms with Gasteiger partial charge in [0.15, 0.2) is 12.1 Å². The quantitative estimate of drug-likeness (QED) is 0.0283. The second-order valence-corrected chi connectivity index (χ2v) is 17.4. The molecule has 0 saturated carbocycles. The lowest BCUT2D eigenvalue weighted by Gasteiger charge is -2.31. The standard InChI is InChI=1S/C50H91NO7/c1-6-8-10-12-14-16-18-20-22-24-26-28-30-32-34-36-38-40-48(52)57-45-46(44-56-43-42-47(50(54)55)51(3,4)5)58-49(53)41-39-37-35-33-31-29-27-25-23-21-19-17-15-13-11-9-7-2/h15,17,20-23,46-47H,6-14,16,18-19,24-45H2,1-5H3/p+1/b17-15-,22-20-,23-21-. The van der Waals surface area contributed by atoms with Crippen molar-refractivity contribution in [3.05, 3.63) is 36.5 Å². The fourth-order valence-electron chi connectivity index (χ4n) is 7.00. The number of allylic oxidation sites excluding steroid dienone is 6. The third kappa shape index (κ3) is 39.0. The number of likely N-dealkylation sites (N-methyl/N-ethyl adjacent to an activating group) is 1. The van der Waals surface area contributed by atoms with Gasteiger partial charge in [-0.2, -0.15) is 0 Å². The Balaban J connectivity index is 4.31. The van der Waals surface area contributed by atoms with Crippen molar-refractivity contribution in [3.8, 4) is 0 Å². The Morgan fingerprint density at radius 2 is 0.914 bits per heavy atom. The van der Waals surface area contributed by atoms with E-state index in [-0.39, 0.29) is 36.2 Å². The first kappa shape index (κ1) is 55.5. The minimum Gasteiger partial charge on any atom is -0.477 e. The number of unbranched alkanes of at least 4 members (excludes halogenated alkanes) is 23. The number of aliphatic carboxylic acids is 1. The zero-order valence-corrected chi connectivity index (χ0v) is 38.5. The highest BCUT2D eigenvalue weighted by atomic mass is 16.6. The lowest BCUT2D eigenvalue weighted by molar-refractivity contribution is -0.887. The summed E-state index contributed by atoms with van der Waals surface area (Å²) < 4.78 is 17.3. The number of rotatable bonds is 43. The highest BCUT2D eigenvalue weighted by molar-refractivity contribution is 5.72. The van der Waals surface area contributed by atoms with E-state index < -0.39 is 18.1 Å². The minimum absolute atomic E-state index is 0.0550. The first-order valence-corrected chi connectivity index (χ1v) is 24.0. The molecule has 2 atom stereocenters. The van der Waals surface area contributed by atoms with Crippen molar-refractivity contribution < 1.29 is 38.2 Å². The molecule has 8 heteroatoms. The van der Waals surface area contributed by atoms with Crippen LogP contribution in [0.3, 0.4) is 0 Å². The Hall–Kier alpha value is -2.45. The first-order chi connectivity index (χ1) is 28.1. The molecule has 58 heavy (non-hydrogen) atoms. The van der Waals surface area contributed by atoms with E-state index >= 15 is 0 Å². The molecule has 0 aromatic carbocycles. The van der Waals surface area contributed by atoms with E-state index in [9.17, 15) is 19.5 Å². The van der Waals surface area contributed by atoms with E-state index in [4.69, 9.17) is 14.2 Å². The highest BCUT2D eigenvalue weighted by Crippen LogP contribution is 2.14. The lowest BCUT2D eigenvalue weighted by Crippen LogP contribution is -2.50. The molecule has 0 radical (unpaired) electrons. The summed E-state index contributed by atoms with van der Waals surface area (Å²) in [5.41, 5.74) is 0. The summed E-state index contributed by atoms with van der Waals surface area (Å²) in [5, 5.41) is 9.63. The topological polar surface area (TPSA) is 99.1 Å². The van der Waals surface area contributed by atoms with Gasteiger partial charge in [0, 0.05) is 19.3 Å². The summed E-state index contributed by atoms with van der Waals surface area (Å²) in [7, 11) is 5.53. The van der Waals surface area contributed by atoms with Gasteiger partial charge < -0.3 is 23.8 Å². The van der Waals surface area contributed by atoms with Gasteiger partial charge >= 0.3 is 17.9 Å². The molecule has 338 valence electrons. The van der Waals surface area contributed by atoms with Gasteiger partial charge in [0.25, 0.3) is 0 Å². The second kappa shape index (κ2) is 41.3. The maximum atomic E-state index is 12.8. The van der Waals surface area contributed by atoms with Crippen LogP contribution in [0.5, 0.6) is 0 Å². The number of hydrogen-bond acceptors (Lipinski definition) is 6. The Labute approximate surface area is 357 Å². The van der Waals surface area contributed by atoms with Crippen molar-refractivity contribution in [2.75, 3.05) is 41.0 Å². The fraction of sp³-hybridized carbons (Fsp3) is 0.820. The molecule has 0 aliphatic heterocycles. The van der Waals surface area contributed by atoms with Crippen LogP contribution in [0, 0.1) is 0 Å². The largest absolute Gasteiger partial charge is 0.477 e. The molecule has 0 aromatic rings. The molecular weight excluding hydrogens is 727 g/mol. The maximum absolute atomic E-state index is 12.8. The average molecular weight is 819 g/mol. The van der Waals surface area contributed by atoms with Gasteiger partial charge in [-0.05, 0) is 70.6 Å². The molecule has 0 aliphatic rings. The number of quaternary nitrogens is 1. The number of nitrogens with zero attached hydrogens (tertiary/aromatic N) is 1. The molecule has 0 aromatic heterocycles. The number of carbonyl (C=O) groups is 3. The number of carbonyl (C=O) groups excluding carboxylic acids is 2. The number of carboxylic acids is 1. The molecule has 0 rings (SSSR count). The summed E-state index contributed by atoms with van der Waals surface area (Å²) in [6, 6.07) is -0.616. The van der Waals surface area contributed by atoms with Gasteiger partial charge in [-0.3, -0.25) is 9.59 Å². The van der Waals surface area contributed by atoms with Crippen LogP contribution >= 0.6 is 0 Å². The molecule has 0 heterocycles. The van der Waals surface area contributed by atoms with E-state index in [1.165, 1.54) is 128 Å². The number of hydrogen-bond donors (Lipinski definition) is 1. The van der Waals surface area contributed by atoms with E-state index in [0.29, 0.717) is 19.3 Å². The smallest absolute Gasteiger partial charge is 0.362 e. The highest BCUT2D eigenvalue weighted by Gasteiger charge is 2.31. The van der Waals surface area contributed by atoms with Gasteiger partial charge in [-0.25, -0.2) is 4.79 Å². The molecule has 2 unspecified atom stereocenters. The van der Waals surface area contributed by atoms with Gasteiger partial charge in [0.2, 0.25) is 0 Å². The van der Waals surface area contributed by atoms with Crippen LogP contribution in [0.4, 0.5) is 0 Å². The molecule has 0 amide bonds. The van der Waals surface area contributed by atoms with Crippen molar-refractivity contribution in [2.24, 2.45) is 0 Å². The summed E-state index contributed by atoms with van der Waals surface area (Å²) in [5.74, 6) is -1.48. The Morgan fingerprint density at radius 1 is 0.517 bits per heavy atom. The van der Waals surface area contributed by atoms with Crippen LogP contribution in [-0.4, -0.2) is 80.6 Å². The molecule has 0 bridgehead atoms. The van der Waals surface area contributed by atoms with Gasteiger partial charge in [-0.15, -0.1) is 0 Å². The van der Waals surface area contributed by atoms with Crippen LogP contribution in [0.15, 0.2) is 36.5 Å². The maximum Gasteiger partial charge on any atom is 0.362 e. The van der Waals surface area contributed by atoms with Crippen LogP contribution in [0.25, 0.3) is 0 Å². The molecule has 8 nitrogen and oxygen atoms in total. The first-order valence-electron chi connectivity index (χ1n) is 24.0. The lowest BCUT2D eigenvalue weighted by atomic mass is 10.1.